The molecule has 2 amide bonds. The van der Waals surface area contributed by atoms with Gasteiger partial charge in [0.1, 0.15) is 11.5 Å². The van der Waals surface area contributed by atoms with Gasteiger partial charge in [0, 0.05) is 22.8 Å². The molecule has 0 aliphatic rings. The Bertz CT molecular complexity index is 1040. The third kappa shape index (κ3) is 5.21. The van der Waals surface area contributed by atoms with Gasteiger partial charge in [-0.2, -0.15) is 0 Å². The zero-order valence-electron chi connectivity index (χ0n) is 15.6. The minimum Gasteiger partial charge on any atom is -0.497 e. The van der Waals surface area contributed by atoms with Crippen LogP contribution in [0.5, 0.6) is 11.5 Å². The monoisotopic (exact) mass is 432 g/mol. The summed E-state index contributed by atoms with van der Waals surface area (Å²) >= 11 is 6.79. The Hall–Kier alpha value is -3.17. The fourth-order valence-electron chi connectivity index (χ4n) is 2.43. The van der Waals surface area contributed by atoms with Gasteiger partial charge in [0.05, 0.1) is 14.2 Å². The van der Waals surface area contributed by atoms with Crippen molar-refractivity contribution < 1.29 is 19.1 Å². The highest BCUT2D eigenvalue weighted by Crippen LogP contribution is 2.24. The van der Waals surface area contributed by atoms with Crippen LogP contribution in [0.2, 0.25) is 5.02 Å². The van der Waals surface area contributed by atoms with Crippen molar-refractivity contribution in [1.29, 1.82) is 0 Å². The highest BCUT2D eigenvalue weighted by atomic mass is 35.5. The third-order valence-corrected chi connectivity index (χ3v) is 4.98. The van der Waals surface area contributed by atoms with Crippen molar-refractivity contribution in [2.24, 2.45) is 0 Å². The summed E-state index contributed by atoms with van der Waals surface area (Å²) in [4.78, 5) is 24.7. The van der Waals surface area contributed by atoms with Crippen LogP contribution in [-0.4, -0.2) is 36.2 Å². The van der Waals surface area contributed by atoms with E-state index in [2.05, 4.69) is 20.8 Å². The Kier molecular flexibility index (Phi) is 6.63. The van der Waals surface area contributed by atoms with Crippen molar-refractivity contribution in [3.05, 3.63) is 63.1 Å². The molecule has 8 nitrogen and oxygen atoms in total. The Morgan fingerprint density at radius 2 is 1.79 bits per heavy atom. The van der Waals surface area contributed by atoms with Crippen LogP contribution in [0.4, 0.5) is 5.69 Å². The number of halogens is 1. The number of rotatable bonds is 7. The zero-order valence-corrected chi connectivity index (χ0v) is 17.1. The van der Waals surface area contributed by atoms with Crippen LogP contribution in [0.25, 0.3) is 0 Å². The molecule has 3 aromatic rings. The number of ether oxygens (including phenoxy) is 2. The number of anilines is 1. The van der Waals surface area contributed by atoms with Gasteiger partial charge >= 0.3 is 0 Å². The third-order valence-electron chi connectivity index (χ3n) is 3.82. The first-order chi connectivity index (χ1) is 14.0. The van der Waals surface area contributed by atoms with E-state index in [1.54, 1.807) is 56.7 Å². The maximum Gasteiger partial charge on any atom is 0.286 e. The van der Waals surface area contributed by atoms with Crippen molar-refractivity contribution in [3.8, 4) is 11.5 Å². The van der Waals surface area contributed by atoms with E-state index in [1.165, 1.54) is 0 Å². The number of nitrogens with one attached hydrogen (secondary N) is 2. The predicted molar refractivity (Wildman–Crippen MR) is 110 cm³/mol. The summed E-state index contributed by atoms with van der Waals surface area (Å²) in [5.41, 5.74) is 1.26. The predicted octanol–water partition coefficient (Wildman–Crippen LogP) is 3.39. The van der Waals surface area contributed by atoms with Crippen LogP contribution in [0, 0.1) is 0 Å². The van der Waals surface area contributed by atoms with Gasteiger partial charge in [-0.3, -0.25) is 9.59 Å². The zero-order chi connectivity index (χ0) is 20.8. The second-order valence-electron chi connectivity index (χ2n) is 5.74. The maximum atomic E-state index is 12.4. The molecule has 1 aromatic heterocycles. The molecule has 0 atom stereocenters. The van der Waals surface area contributed by atoms with E-state index in [9.17, 15) is 9.59 Å². The first kappa shape index (κ1) is 20.6. The number of amides is 2. The second-order valence-corrected chi connectivity index (χ2v) is 7.15. The number of hydrogen-bond acceptors (Lipinski definition) is 7. The van der Waals surface area contributed by atoms with E-state index in [-0.39, 0.29) is 16.6 Å². The van der Waals surface area contributed by atoms with E-state index in [1.807, 2.05) is 0 Å². The van der Waals surface area contributed by atoms with Crippen molar-refractivity contribution >= 4 is 40.4 Å². The number of aromatic nitrogens is 2. The molecule has 0 saturated heterocycles. The van der Waals surface area contributed by atoms with Crippen LogP contribution in [0.15, 0.2) is 42.5 Å². The Balaban J connectivity index is 1.64. The van der Waals surface area contributed by atoms with Crippen molar-refractivity contribution in [3.63, 3.8) is 0 Å². The summed E-state index contributed by atoms with van der Waals surface area (Å²) in [5, 5.41) is 13.6. The summed E-state index contributed by atoms with van der Waals surface area (Å²) < 4.78 is 10.5. The van der Waals surface area contributed by atoms with Gasteiger partial charge < -0.3 is 20.1 Å². The Labute approximate surface area is 175 Å². The minimum atomic E-state index is -0.474. The van der Waals surface area contributed by atoms with Crippen LogP contribution in [-0.2, 0) is 6.54 Å². The molecule has 0 fully saturated rings. The van der Waals surface area contributed by atoms with Crippen LogP contribution in [0.3, 0.4) is 0 Å². The van der Waals surface area contributed by atoms with Gasteiger partial charge in [0.2, 0.25) is 10.0 Å². The van der Waals surface area contributed by atoms with E-state index in [4.69, 9.17) is 21.1 Å². The van der Waals surface area contributed by atoms with Crippen molar-refractivity contribution in [2.45, 2.75) is 6.54 Å². The summed E-state index contributed by atoms with van der Waals surface area (Å²) in [5.74, 6) is 0.336. The highest BCUT2D eigenvalue weighted by molar-refractivity contribution is 7.15. The standard InChI is InChI=1S/C19H17ClN4O4S/c1-27-14-6-7-15(28-2)11(8-14)10-21-16(25)18-23-24-19(29-18)17(26)22-13-5-3-4-12(20)9-13/h3-9H,10H2,1-2H3,(H,21,25)(H,22,26). The Morgan fingerprint density at radius 1 is 1.03 bits per heavy atom. The highest BCUT2D eigenvalue weighted by Gasteiger charge is 2.18. The molecule has 0 spiro atoms. The topological polar surface area (TPSA) is 102 Å². The number of benzene rings is 2. The number of hydrogen-bond donors (Lipinski definition) is 2. The average molecular weight is 433 g/mol. The lowest BCUT2D eigenvalue weighted by atomic mass is 10.2. The molecule has 0 unspecified atom stereocenters. The van der Waals surface area contributed by atoms with Crippen molar-refractivity contribution in [2.75, 3.05) is 19.5 Å². The second kappa shape index (κ2) is 9.35. The molecule has 150 valence electrons. The maximum absolute atomic E-state index is 12.4. The largest absolute Gasteiger partial charge is 0.497 e. The first-order valence-corrected chi connectivity index (χ1v) is 9.59. The van der Waals surface area contributed by atoms with Gasteiger partial charge in [0.15, 0.2) is 0 Å². The number of carbonyl (C=O) groups is 2. The number of carbonyl (C=O) groups excluding carboxylic acids is 2. The van der Waals surface area contributed by atoms with Gasteiger partial charge in [-0.05, 0) is 36.4 Å². The molecule has 3 rings (SSSR count). The molecule has 2 N–H and O–H groups in total. The summed E-state index contributed by atoms with van der Waals surface area (Å²) in [6.45, 7) is 0.197. The SMILES string of the molecule is COc1ccc(OC)c(CNC(=O)c2nnc(C(=O)Nc3cccc(Cl)c3)s2)c1. The van der Waals surface area contributed by atoms with Crippen molar-refractivity contribution in [1.82, 2.24) is 15.5 Å². The van der Waals surface area contributed by atoms with Gasteiger partial charge in [-0.1, -0.05) is 29.0 Å². The molecule has 0 saturated carbocycles. The van der Waals surface area contributed by atoms with Crippen LogP contribution < -0.4 is 20.1 Å². The lowest BCUT2D eigenvalue weighted by Gasteiger charge is -2.10. The van der Waals surface area contributed by atoms with E-state index in [0.29, 0.717) is 22.2 Å². The van der Waals surface area contributed by atoms with Crippen LogP contribution in [0.1, 0.15) is 25.2 Å². The number of nitrogens with zero attached hydrogens (tertiary/aromatic N) is 2. The molecule has 0 aliphatic carbocycles. The minimum absolute atomic E-state index is 0.0640. The molecule has 0 aliphatic heterocycles. The summed E-state index contributed by atoms with van der Waals surface area (Å²) in [7, 11) is 3.10. The van der Waals surface area contributed by atoms with E-state index in [0.717, 1.165) is 16.9 Å². The quantitative estimate of drug-likeness (QED) is 0.593. The fraction of sp³-hybridized carbons (Fsp3) is 0.158. The van der Waals surface area contributed by atoms with Gasteiger partial charge in [-0.15, -0.1) is 10.2 Å². The average Bonchev–Trinajstić information content (AvgIpc) is 3.22. The molecule has 2 aromatic carbocycles. The molecule has 10 heteroatoms. The van der Waals surface area contributed by atoms with Crippen LogP contribution >= 0.6 is 22.9 Å². The molecular formula is C19H17ClN4O4S. The normalized spacial score (nSPS) is 10.3. The van der Waals surface area contributed by atoms with E-state index >= 15 is 0 Å². The van der Waals surface area contributed by atoms with E-state index < -0.39 is 11.8 Å². The molecule has 1 heterocycles. The Morgan fingerprint density at radius 3 is 2.48 bits per heavy atom. The molecular weight excluding hydrogens is 416 g/mol. The summed E-state index contributed by atoms with van der Waals surface area (Å²) in [6, 6.07) is 12.0. The molecule has 29 heavy (non-hydrogen) atoms. The lowest BCUT2D eigenvalue weighted by Crippen LogP contribution is -2.23. The summed E-state index contributed by atoms with van der Waals surface area (Å²) in [6.07, 6.45) is 0. The van der Waals surface area contributed by atoms with Gasteiger partial charge in [0.25, 0.3) is 11.8 Å². The lowest BCUT2D eigenvalue weighted by molar-refractivity contribution is 0.0948. The fourth-order valence-corrected chi connectivity index (χ4v) is 3.27. The van der Waals surface area contributed by atoms with Gasteiger partial charge in [-0.25, -0.2) is 0 Å². The smallest absolute Gasteiger partial charge is 0.286 e. The molecule has 0 radical (unpaired) electrons. The first-order valence-electron chi connectivity index (χ1n) is 8.39. The number of methoxy groups -OCH3 is 2. The molecule has 0 bridgehead atoms.